The Morgan fingerprint density at radius 2 is 2.08 bits per heavy atom. The smallest absolute Gasteiger partial charge is 0.410 e. The molecule has 1 aromatic rings. The van der Waals surface area contributed by atoms with E-state index in [0.29, 0.717) is 12.5 Å². The van der Waals surface area contributed by atoms with Gasteiger partial charge in [-0.1, -0.05) is 0 Å². The molecule has 136 valence electrons. The number of rotatable bonds is 4. The lowest BCUT2D eigenvalue weighted by atomic mass is 9.97. The van der Waals surface area contributed by atoms with Crippen molar-refractivity contribution in [3.63, 3.8) is 0 Å². The van der Waals surface area contributed by atoms with Gasteiger partial charge in [-0.15, -0.1) is 0 Å². The second-order valence-corrected chi connectivity index (χ2v) is 7.63. The van der Waals surface area contributed by atoms with Gasteiger partial charge in [0.1, 0.15) is 6.61 Å². The number of hydrogen-bond acceptors (Lipinski definition) is 6. The van der Waals surface area contributed by atoms with Gasteiger partial charge in [0.05, 0.1) is 4.92 Å². The Kier molecular flexibility index (Phi) is 5.48. The van der Waals surface area contributed by atoms with Crippen LogP contribution >= 0.6 is 12.6 Å². The average Bonchev–Trinajstić information content (AvgIpc) is 3.18. The molecule has 2 aliphatic heterocycles. The molecule has 2 saturated heterocycles. The van der Waals surface area contributed by atoms with Crippen LogP contribution in [0.4, 0.5) is 10.5 Å². The topological polar surface area (TPSA) is 75.9 Å². The van der Waals surface area contributed by atoms with Crippen LogP contribution in [0.25, 0.3) is 0 Å². The predicted molar refractivity (Wildman–Crippen MR) is 96.8 cm³/mol. The fourth-order valence-corrected chi connectivity index (χ4v) is 4.12. The molecule has 7 nitrogen and oxygen atoms in total. The summed E-state index contributed by atoms with van der Waals surface area (Å²) in [7, 11) is 2.10. The van der Waals surface area contributed by atoms with Crippen LogP contribution in [0, 0.1) is 16.0 Å². The molecular weight excluding hydrogens is 342 g/mol. The van der Waals surface area contributed by atoms with Crippen molar-refractivity contribution < 1.29 is 14.5 Å². The van der Waals surface area contributed by atoms with E-state index < -0.39 is 4.92 Å². The summed E-state index contributed by atoms with van der Waals surface area (Å²) in [6, 6.07) is 6.23. The molecule has 3 atom stereocenters. The van der Waals surface area contributed by atoms with Gasteiger partial charge >= 0.3 is 6.09 Å². The second kappa shape index (κ2) is 7.61. The quantitative estimate of drug-likeness (QED) is 0.504. The van der Waals surface area contributed by atoms with Gasteiger partial charge < -0.3 is 14.5 Å². The van der Waals surface area contributed by atoms with Gasteiger partial charge in [-0.05, 0) is 50.0 Å². The second-order valence-electron chi connectivity index (χ2n) is 6.90. The Balaban J connectivity index is 1.58. The Bertz CT molecular complexity index is 639. The zero-order chi connectivity index (χ0) is 18.0. The molecule has 0 saturated carbocycles. The lowest BCUT2D eigenvalue weighted by molar-refractivity contribution is -0.384. The van der Waals surface area contributed by atoms with Crippen molar-refractivity contribution in [3.05, 3.63) is 39.9 Å². The number of amides is 1. The first-order chi connectivity index (χ1) is 11.9. The number of nitrogens with zero attached hydrogens (tertiary/aromatic N) is 3. The van der Waals surface area contributed by atoms with Gasteiger partial charge in [-0.2, -0.15) is 12.6 Å². The molecule has 0 radical (unpaired) electrons. The first-order valence-electron chi connectivity index (χ1n) is 8.47. The summed E-state index contributed by atoms with van der Waals surface area (Å²) in [5.74, 6) is 0.467. The van der Waals surface area contributed by atoms with E-state index in [1.54, 1.807) is 12.1 Å². The van der Waals surface area contributed by atoms with Crippen LogP contribution in [0.5, 0.6) is 0 Å². The van der Waals surface area contributed by atoms with Crippen LogP contribution in [-0.2, 0) is 11.3 Å². The van der Waals surface area contributed by atoms with Crippen molar-refractivity contribution in [1.29, 1.82) is 0 Å². The molecule has 0 N–H and O–H groups in total. The number of hydrogen-bond donors (Lipinski definition) is 1. The molecule has 0 spiro atoms. The predicted octanol–water partition coefficient (Wildman–Crippen LogP) is 2.56. The summed E-state index contributed by atoms with van der Waals surface area (Å²) >= 11 is 4.56. The Morgan fingerprint density at radius 3 is 2.68 bits per heavy atom. The Labute approximate surface area is 152 Å². The Morgan fingerprint density at radius 1 is 1.36 bits per heavy atom. The minimum Gasteiger partial charge on any atom is -0.445 e. The number of nitro groups is 1. The maximum absolute atomic E-state index is 12.5. The monoisotopic (exact) mass is 365 g/mol. The summed E-state index contributed by atoms with van der Waals surface area (Å²) in [4.78, 5) is 26.9. The number of thiol groups is 1. The molecule has 3 rings (SSSR count). The maximum Gasteiger partial charge on any atom is 0.410 e. The van der Waals surface area contributed by atoms with Crippen LogP contribution in [0.15, 0.2) is 24.3 Å². The van der Waals surface area contributed by atoms with Crippen LogP contribution in [0.1, 0.15) is 18.4 Å². The minimum atomic E-state index is -0.448. The summed E-state index contributed by atoms with van der Waals surface area (Å²) in [5, 5.41) is 10.9. The minimum absolute atomic E-state index is 0.0259. The van der Waals surface area contributed by atoms with Gasteiger partial charge in [0.15, 0.2) is 0 Å². The first kappa shape index (κ1) is 18.0. The number of ether oxygens (including phenoxy) is 1. The fourth-order valence-electron chi connectivity index (χ4n) is 3.72. The van der Waals surface area contributed by atoms with Gasteiger partial charge in [0.2, 0.25) is 0 Å². The average molecular weight is 365 g/mol. The van der Waals surface area contributed by atoms with E-state index in [1.807, 2.05) is 4.90 Å². The van der Waals surface area contributed by atoms with Crippen molar-refractivity contribution in [3.8, 4) is 0 Å². The molecule has 2 aliphatic rings. The number of likely N-dealkylation sites (tertiary alicyclic amines) is 2. The van der Waals surface area contributed by atoms with Crippen molar-refractivity contribution in [2.45, 2.75) is 30.7 Å². The van der Waals surface area contributed by atoms with E-state index in [9.17, 15) is 14.9 Å². The molecular formula is C17H23N3O4S. The largest absolute Gasteiger partial charge is 0.445 e. The number of nitro benzene ring substituents is 1. The van der Waals surface area contributed by atoms with E-state index >= 15 is 0 Å². The highest BCUT2D eigenvalue weighted by atomic mass is 32.1. The normalized spacial score (nSPS) is 26.8. The molecule has 1 aromatic carbocycles. The summed E-state index contributed by atoms with van der Waals surface area (Å²) < 4.78 is 5.45. The third-order valence-electron chi connectivity index (χ3n) is 5.04. The zero-order valence-electron chi connectivity index (χ0n) is 14.2. The highest BCUT2D eigenvalue weighted by Crippen LogP contribution is 2.32. The standard InChI is InChI=1S/C17H23N3O4S/c1-18-7-6-13(9-18)16-8-15(25)10-19(16)17(21)24-11-12-2-4-14(5-3-12)20(22)23/h2-5,13,15-16,25H,6-11H2,1H3/t13-,15-,16-/m0/s1. The third kappa shape index (κ3) is 4.24. The van der Waals surface area contributed by atoms with Crippen molar-refractivity contribution in [2.24, 2.45) is 5.92 Å². The summed E-state index contributed by atoms with van der Waals surface area (Å²) in [5.41, 5.74) is 0.760. The van der Waals surface area contributed by atoms with Gasteiger partial charge in [-0.3, -0.25) is 10.1 Å². The van der Waals surface area contributed by atoms with Crippen LogP contribution in [0.3, 0.4) is 0 Å². The number of non-ortho nitro benzene ring substituents is 1. The number of benzene rings is 1. The lowest BCUT2D eigenvalue weighted by Crippen LogP contribution is -2.41. The Hall–Kier alpha value is -1.80. The van der Waals surface area contributed by atoms with Crippen LogP contribution < -0.4 is 0 Å². The van der Waals surface area contributed by atoms with Gasteiger partial charge in [-0.25, -0.2) is 4.79 Å². The molecule has 0 aromatic heterocycles. The van der Waals surface area contributed by atoms with E-state index in [4.69, 9.17) is 4.74 Å². The number of carbonyl (C=O) groups is 1. The number of carbonyl (C=O) groups excluding carboxylic acids is 1. The third-order valence-corrected chi connectivity index (χ3v) is 5.41. The van der Waals surface area contributed by atoms with E-state index in [1.165, 1.54) is 12.1 Å². The van der Waals surface area contributed by atoms with Gasteiger partial charge in [0.25, 0.3) is 5.69 Å². The lowest BCUT2D eigenvalue weighted by Gasteiger charge is -2.28. The van der Waals surface area contributed by atoms with Crippen molar-refractivity contribution in [2.75, 3.05) is 26.7 Å². The molecule has 25 heavy (non-hydrogen) atoms. The van der Waals surface area contributed by atoms with E-state index in [-0.39, 0.29) is 29.7 Å². The molecule has 0 bridgehead atoms. The fraction of sp³-hybridized carbons (Fsp3) is 0.588. The van der Waals surface area contributed by atoms with E-state index in [0.717, 1.165) is 31.5 Å². The highest BCUT2D eigenvalue weighted by molar-refractivity contribution is 7.81. The molecule has 2 heterocycles. The molecule has 0 aliphatic carbocycles. The summed E-state index contributed by atoms with van der Waals surface area (Å²) in [6.45, 7) is 2.77. The molecule has 0 unspecified atom stereocenters. The van der Waals surface area contributed by atoms with Crippen molar-refractivity contribution in [1.82, 2.24) is 9.80 Å². The van der Waals surface area contributed by atoms with Crippen LogP contribution in [-0.4, -0.2) is 58.8 Å². The van der Waals surface area contributed by atoms with Crippen molar-refractivity contribution >= 4 is 24.4 Å². The molecule has 8 heteroatoms. The highest BCUT2D eigenvalue weighted by Gasteiger charge is 2.41. The SMILES string of the molecule is CN1CC[C@H]([C@@H]2C[C@H](S)CN2C(=O)OCc2ccc([N+](=O)[O-])cc2)C1. The van der Waals surface area contributed by atoms with E-state index in [2.05, 4.69) is 24.6 Å². The van der Waals surface area contributed by atoms with Gasteiger partial charge in [0, 0.05) is 36.5 Å². The van der Waals surface area contributed by atoms with Crippen LogP contribution in [0.2, 0.25) is 0 Å². The summed E-state index contributed by atoms with van der Waals surface area (Å²) in [6.07, 6.45) is 1.66. The zero-order valence-corrected chi connectivity index (χ0v) is 15.1. The molecule has 2 fully saturated rings. The first-order valence-corrected chi connectivity index (χ1v) is 8.99. The molecule has 1 amide bonds. The maximum atomic E-state index is 12.5.